The number of likely N-dealkylation sites (tertiary alicyclic amines) is 1. The quantitative estimate of drug-likeness (QED) is 0.705. The van der Waals surface area contributed by atoms with Gasteiger partial charge in [0, 0.05) is 18.6 Å². The van der Waals surface area contributed by atoms with Crippen LogP contribution in [-0.4, -0.2) is 46.5 Å². The second-order valence-corrected chi connectivity index (χ2v) is 6.17. The molecule has 7 nitrogen and oxygen atoms in total. The molecule has 7 heteroatoms. The Hall–Kier alpha value is -1.79. The summed E-state index contributed by atoms with van der Waals surface area (Å²) in [4.78, 5) is 36.2. The van der Waals surface area contributed by atoms with Crippen LogP contribution >= 0.6 is 0 Å². The van der Waals surface area contributed by atoms with E-state index < -0.39 is 5.97 Å². The van der Waals surface area contributed by atoms with Crippen LogP contribution < -0.4 is 11.1 Å². The van der Waals surface area contributed by atoms with Crippen LogP contribution in [0.25, 0.3) is 0 Å². The van der Waals surface area contributed by atoms with Crippen LogP contribution in [0.2, 0.25) is 0 Å². The molecule has 0 aromatic heterocycles. The molecule has 0 bridgehead atoms. The molecule has 1 saturated heterocycles. The second kappa shape index (κ2) is 6.32. The fourth-order valence-corrected chi connectivity index (χ4v) is 3.22. The van der Waals surface area contributed by atoms with Crippen molar-refractivity contribution in [1.82, 2.24) is 10.2 Å². The highest BCUT2D eigenvalue weighted by Gasteiger charge is 2.35. The minimum atomic E-state index is -0.799. The van der Waals surface area contributed by atoms with Crippen LogP contribution in [0.3, 0.4) is 0 Å². The number of carboxylic acids is 1. The minimum Gasteiger partial charge on any atom is -0.481 e. The lowest BCUT2D eigenvalue weighted by Crippen LogP contribution is -2.53. The van der Waals surface area contributed by atoms with Gasteiger partial charge in [0.2, 0.25) is 5.91 Å². The van der Waals surface area contributed by atoms with Gasteiger partial charge >= 0.3 is 12.0 Å². The SMILES string of the molecule is CC1CCC(C(N)=O)CN1C(=O)NC1CCC(C(=O)O)C1. The van der Waals surface area contributed by atoms with Gasteiger partial charge in [-0.2, -0.15) is 0 Å². The van der Waals surface area contributed by atoms with Gasteiger partial charge in [-0.25, -0.2) is 4.79 Å². The maximum atomic E-state index is 12.3. The van der Waals surface area contributed by atoms with E-state index in [0.29, 0.717) is 32.2 Å². The van der Waals surface area contributed by atoms with Crippen molar-refractivity contribution in [3.8, 4) is 0 Å². The largest absolute Gasteiger partial charge is 0.481 e. The van der Waals surface area contributed by atoms with Gasteiger partial charge in [-0.05, 0) is 39.0 Å². The van der Waals surface area contributed by atoms with E-state index in [4.69, 9.17) is 10.8 Å². The standard InChI is InChI=1S/C14H23N3O4/c1-8-2-3-10(12(15)18)7-17(8)14(21)16-11-5-4-9(6-11)13(19)20/h8-11H,2-7H2,1H3,(H2,15,18)(H,16,21)(H,19,20). The molecule has 3 amide bonds. The molecule has 0 radical (unpaired) electrons. The molecule has 1 aliphatic heterocycles. The number of nitrogens with zero attached hydrogens (tertiary/aromatic N) is 1. The van der Waals surface area contributed by atoms with E-state index in [-0.39, 0.29) is 35.9 Å². The number of carbonyl (C=O) groups excluding carboxylic acids is 2. The first-order chi connectivity index (χ1) is 9.88. The highest BCUT2D eigenvalue weighted by molar-refractivity contribution is 5.80. The van der Waals surface area contributed by atoms with Crippen molar-refractivity contribution in [1.29, 1.82) is 0 Å². The van der Waals surface area contributed by atoms with Crippen molar-refractivity contribution in [3.05, 3.63) is 0 Å². The fourth-order valence-electron chi connectivity index (χ4n) is 3.22. The molecule has 118 valence electrons. The summed E-state index contributed by atoms with van der Waals surface area (Å²) < 4.78 is 0. The van der Waals surface area contributed by atoms with Crippen molar-refractivity contribution in [3.63, 3.8) is 0 Å². The van der Waals surface area contributed by atoms with E-state index in [9.17, 15) is 14.4 Å². The summed E-state index contributed by atoms with van der Waals surface area (Å²) in [7, 11) is 0. The van der Waals surface area contributed by atoms with Gasteiger partial charge < -0.3 is 21.1 Å². The first-order valence-corrected chi connectivity index (χ1v) is 7.47. The second-order valence-electron chi connectivity index (χ2n) is 6.17. The van der Waals surface area contributed by atoms with Crippen LogP contribution in [0, 0.1) is 11.8 Å². The number of nitrogens with one attached hydrogen (secondary N) is 1. The smallest absolute Gasteiger partial charge is 0.317 e. The molecule has 21 heavy (non-hydrogen) atoms. The van der Waals surface area contributed by atoms with Crippen molar-refractivity contribution < 1.29 is 19.5 Å². The van der Waals surface area contributed by atoms with Crippen molar-refractivity contribution >= 4 is 17.9 Å². The van der Waals surface area contributed by atoms with Gasteiger partial charge in [0.1, 0.15) is 0 Å². The first kappa shape index (κ1) is 15.6. The predicted octanol–water partition coefficient (Wildman–Crippen LogP) is 0.535. The third kappa shape index (κ3) is 3.65. The van der Waals surface area contributed by atoms with Crippen molar-refractivity contribution in [2.24, 2.45) is 17.6 Å². The summed E-state index contributed by atoms with van der Waals surface area (Å²) in [5, 5.41) is 11.9. The molecule has 2 aliphatic rings. The van der Waals surface area contributed by atoms with E-state index in [0.717, 1.165) is 6.42 Å². The Kier molecular flexibility index (Phi) is 4.69. The van der Waals surface area contributed by atoms with E-state index >= 15 is 0 Å². The lowest BCUT2D eigenvalue weighted by molar-refractivity contribution is -0.141. The Morgan fingerprint density at radius 1 is 1.14 bits per heavy atom. The molecule has 4 unspecified atom stereocenters. The summed E-state index contributed by atoms with van der Waals surface area (Å²) >= 11 is 0. The average Bonchev–Trinajstić information content (AvgIpc) is 2.87. The van der Waals surface area contributed by atoms with Crippen LogP contribution in [0.15, 0.2) is 0 Å². The maximum absolute atomic E-state index is 12.3. The third-order valence-corrected chi connectivity index (χ3v) is 4.65. The van der Waals surface area contributed by atoms with E-state index in [1.165, 1.54) is 0 Å². The molecule has 4 atom stereocenters. The van der Waals surface area contributed by atoms with Crippen LogP contribution in [0.1, 0.15) is 39.0 Å². The number of rotatable bonds is 3. The van der Waals surface area contributed by atoms with E-state index in [1.54, 1.807) is 4.90 Å². The van der Waals surface area contributed by atoms with Gasteiger partial charge in [-0.1, -0.05) is 0 Å². The molecule has 1 aliphatic carbocycles. The lowest BCUT2D eigenvalue weighted by Gasteiger charge is -2.37. The molecule has 0 spiro atoms. The molecule has 1 heterocycles. The molecule has 2 rings (SSSR count). The monoisotopic (exact) mass is 297 g/mol. The number of primary amides is 1. The summed E-state index contributed by atoms with van der Waals surface area (Å²) in [5.41, 5.74) is 5.33. The van der Waals surface area contributed by atoms with Crippen molar-refractivity contribution in [2.45, 2.75) is 51.1 Å². The number of urea groups is 1. The Bertz CT molecular complexity index is 440. The Morgan fingerprint density at radius 2 is 1.81 bits per heavy atom. The summed E-state index contributed by atoms with van der Waals surface area (Å²) in [5.74, 6) is -1.83. The molecular formula is C14H23N3O4. The minimum absolute atomic E-state index is 0.0669. The normalized spacial score (nSPS) is 32.7. The lowest BCUT2D eigenvalue weighted by atomic mass is 9.93. The highest BCUT2D eigenvalue weighted by atomic mass is 16.4. The number of nitrogens with two attached hydrogens (primary N) is 1. The summed E-state index contributed by atoms with van der Waals surface area (Å²) in [6, 6.07) is -0.249. The topological polar surface area (TPSA) is 113 Å². The summed E-state index contributed by atoms with van der Waals surface area (Å²) in [6.07, 6.45) is 3.22. The van der Waals surface area contributed by atoms with Gasteiger partial charge in [-0.15, -0.1) is 0 Å². The first-order valence-electron chi connectivity index (χ1n) is 7.47. The van der Waals surface area contributed by atoms with Gasteiger partial charge in [0.05, 0.1) is 11.8 Å². The van der Waals surface area contributed by atoms with Gasteiger partial charge in [-0.3, -0.25) is 9.59 Å². The van der Waals surface area contributed by atoms with Gasteiger partial charge in [0.15, 0.2) is 0 Å². The third-order valence-electron chi connectivity index (χ3n) is 4.65. The highest BCUT2D eigenvalue weighted by Crippen LogP contribution is 2.27. The van der Waals surface area contributed by atoms with Crippen molar-refractivity contribution in [2.75, 3.05) is 6.54 Å². The zero-order chi connectivity index (χ0) is 15.6. The Morgan fingerprint density at radius 3 is 2.38 bits per heavy atom. The van der Waals surface area contributed by atoms with Gasteiger partial charge in [0.25, 0.3) is 0 Å². The Labute approximate surface area is 123 Å². The van der Waals surface area contributed by atoms with E-state index in [2.05, 4.69) is 5.32 Å². The van der Waals surface area contributed by atoms with Crippen LogP contribution in [0.5, 0.6) is 0 Å². The molecule has 1 saturated carbocycles. The molecule has 2 fully saturated rings. The average molecular weight is 297 g/mol. The fraction of sp³-hybridized carbons (Fsp3) is 0.786. The Balaban J connectivity index is 1.90. The molecule has 0 aromatic rings. The molecular weight excluding hydrogens is 274 g/mol. The number of aliphatic carboxylic acids is 1. The number of hydrogen-bond acceptors (Lipinski definition) is 3. The zero-order valence-corrected chi connectivity index (χ0v) is 12.2. The summed E-state index contributed by atoms with van der Waals surface area (Å²) in [6.45, 7) is 2.29. The van der Waals surface area contributed by atoms with Crippen LogP contribution in [-0.2, 0) is 9.59 Å². The number of piperidine rings is 1. The zero-order valence-electron chi connectivity index (χ0n) is 12.2. The predicted molar refractivity (Wildman–Crippen MR) is 75.4 cm³/mol. The molecule has 4 N–H and O–H groups in total. The number of hydrogen-bond donors (Lipinski definition) is 3. The van der Waals surface area contributed by atoms with Crippen LogP contribution in [0.4, 0.5) is 4.79 Å². The van der Waals surface area contributed by atoms with E-state index in [1.807, 2.05) is 6.92 Å². The number of amides is 3. The molecule has 0 aromatic carbocycles. The maximum Gasteiger partial charge on any atom is 0.317 e. The number of carboxylic acid groups (broad SMARTS) is 1. The number of carbonyl (C=O) groups is 3.